The summed E-state index contributed by atoms with van der Waals surface area (Å²) in [7, 11) is 1.32. The molecule has 0 radical (unpaired) electrons. The van der Waals surface area contributed by atoms with Crippen LogP contribution in [-0.4, -0.2) is 35.9 Å². The van der Waals surface area contributed by atoms with Crippen molar-refractivity contribution in [1.29, 1.82) is 0 Å². The fourth-order valence-corrected chi connectivity index (χ4v) is 2.66. The smallest absolute Gasteiger partial charge is 0.358 e. The topological polar surface area (TPSA) is 73.3 Å². The van der Waals surface area contributed by atoms with Gasteiger partial charge in [-0.1, -0.05) is 30.3 Å². The Bertz CT molecular complexity index is 646. The van der Waals surface area contributed by atoms with Gasteiger partial charge < -0.3 is 14.8 Å². The number of anilines is 1. The molecule has 1 saturated heterocycles. The number of hydrogen-bond donors (Lipinski definition) is 1. The first kappa shape index (κ1) is 15.4. The van der Waals surface area contributed by atoms with E-state index >= 15 is 0 Å². The Labute approximate surface area is 134 Å². The van der Waals surface area contributed by atoms with Crippen LogP contribution in [0.5, 0.6) is 0 Å². The summed E-state index contributed by atoms with van der Waals surface area (Å²) in [5.41, 5.74) is 1.39. The highest BCUT2D eigenvalue weighted by molar-refractivity contribution is 5.86. The molecule has 1 aromatic heterocycles. The summed E-state index contributed by atoms with van der Waals surface area (Å²) < 4.78 is 10.5. The highest BCUT2D eigenvalue weighted by Gasteiger charge is 2.24. The van der Waals surface area contributed by atoms with E-state index in [1.54, 1.807) is 12.1 Å². The largest absolute Gasteiger partial charge is 0.464 e. The number of benzene rings is 1. The Balaban J connectivity index is 1.62. The minimum Gasteiger partial charge on any atom is -0.464 e. The summed E-state index contributed by atoms with van der Waals surface area (Å²) in [5.74, 6) is 0.163. The van der Waals surface area contributed by atoms with Gasteiger partial charge in [-0.3, -0.25) is 0 Å². The van der Waals surface area contributed by atoms with Gasteiger partial charge in [-0.25, -0.2) is 4.79 Å². The first-order chi connectivity index (χ1) is 11.3. The number of ether oxygens (including phenoxy) is 2. The lowest BCUT2D eigenvalue weighted by Crippen LogP contribution is -2.30. The van der Waals surface area contributed by atoms with Crippen molar-refractivity contribution in [3.8, 4) is 0 Å². The van der Waals surface area contributed by atoms with E-state index in [4.69, 9.17) is 4.74 Å². The monoisotopic (exact) mass is 313 g/mol. The van der Waals surface area contributed by atoms with Gasteiger partial charge in [0.1, 0.15) is 5.82 Å². The van der Waals surface area contributed by atoms with E-state index in [2.05, 4.69) is 32.4 Å². The summed E-state index contributed by atoms with van der Waals surface area (Å²) in [6, 6.07) is 13.8. The number of nitrogens with one attached hydrogen (secondary N) is 1. The summed E-state index contributed by atoms with van der Waals surface area (Å²) in [6.45, 7) is 0.699. The zero-order valence-corrected chi connectivity index (χ0v) is 12.9. The molecule has 2 heterocycles. The van der Waals surface area contributed by atoms with Gasteiger partial charge in [0.25, 0.3) is 0 Å². The van der Waals surface area contributed by atoms with Crippen molar-refractivity contribution in [3.05, 3.63) is 53.7 Å². The third-order valence-corrected chi connectivity index (χ3v) is 3.87. The molecule has 2 atom stereocenters. The maximum absolute atomic E-state index is 11.4. The van der Waals surface area contributed by atoms with Crippen LogP contribution >= 0.6 is 0 Å². The maximum atomic E-state index is 11.4. The molecule has 6 heteroatoms. The predicted octanol–water partition coefficient (Wildman–Crippen LogP) is 2.60. The quantitative estimate of drug-likeness (QED) is 0.875. The van der Waals surface area contributed by atoms with E-state index in [-0.39, 0.29) is 17.8 Å². The van der Waals surface area contributed by atoms with Crippen LogP contribution < -0.4 is 5.32 Å². The third kappa shape index (κ3) is 3.84. The second-order valence-corrected chi connectivity index (χ2v) is 5.43. The number of esters is 1. The average Bonchev–Trinajstić information content (AvgIpc) is 2.63. The SMILES string of the molecule is COC(=O)c1ccc(N[C@H]2CCO[C@H](c3ccccc3)C2)nn1. The molecule has 6 nitrogen and oxygen atoms in total. The second kappa shape index (κ2) is 7.19. The van der Waals surface area contributed by atoms with Gasteiger partial charge in [0.15, 0.2) is 5.69 Å². The molecule has 120 valence electrons. The van der Waals surface area contributed by atoms with E-state index in [1.807, 2.05) is 18.2 Å². The summed E-state index contributed by atoms with van der Waals surface area (Å²) in [6.07, 6.45) is 1.86. The molecule has 1 aliphatic heterocycles. The molecule has 0 spiro atoms. The summed E-state index contributed by atoms with van der Waals surface area (Å²) in [5, 5.41) is 11.3. The molecule has 0 bridgehead atoms. The van der Waals surface area contributed by atoms with E-state index in [0.29, 0.717) is 12.4 Å². The Kier molecular flexibility index (Phi) is 4.83. The Morgan fingerprint density at radius 3 is 2.74 bits per heavy atom. The van der Waals surface area contributed by atoms with Gasteiger partial charge >= 0.3 is 5.97 Å². The van der Waals surface area contributed by atoms with Crippen molar-refractivity contribution in [2.24, 2.45) is 0 Å². The number of hydrogen-bond acceptors (Lipinski definition) is 6. The van der Waals surface area contributed by atoms with Crippen molar-refractivity contribution in [1.82, 2.24) is 10.2 Å². The molecule has 0 unspecified atom stereocenters. The van der Waals surface area contributed by atoms with E-state index in [1.165, 1.54) is 12.7 Å². The minimum atomic E-state index is -0.487. The van der Waals surface area contributed by atoms with Crippen LogP contribution in [0.15, 0.2) is 42.5 Å². The highest BCUT2D eigenvalue weighted by Crippen LogP contribution is 2.29. The lowest BCUT2D eigenvalue weighted by Gasteiger charge is -2.30. The number of aromatic nitrogens is 2. The molecule has 3 rings (SSSR count). The van der Waals surface area contributed by atoms with Crippen LogP contribution in [0.25, 0.3) is 0 Å². The standard InChI is InChI=1S/C17H19N3O3/c1-22-17(21)14-7-8-16(20-19-14)18-13-9-10-23-15(11-13)12-5-3-2-4-6-12/h2-8,13,15H,9-11H2,1H3,(H,18,20)/t13-,15-/m0/s1. The number of carbonyl (C=O) groups is 1. The zero-order chi connectivity index (χ0) is 16.1. The average molecular weight is 313 g/mol. The van der Waals surface area contributed by atoms with Crippen LogP contribution in [-0.2, 0) is 9.47 Å². The van der Waals surface area contributed by atoms with Gasteiger partial charge in [-0.15, -0.1) is 10.2 Å². The molecule has 1 aromatic carbocycles. The molecule has 2 aromatic rings. The molecule has 0 amide bonds. The van der Waals surface area contributed by atoms with Crippen molar-refractivity contribution in [2.45, 2.75) is 25.0 Å². The predicted molar refractivity (Wildman–Crippen MR) is 85.2 cm³/mol. The van der Waals surface area contributed by atoms with Gasteiger partial charge in [0, 0.05) is 12.6 Å². The third-order valence-electron chi connectivity index (χ3n) is 3.87. The molecule has 1 N–H and O–H groups in total. The lowest BCUT2D eigenvalue weighted by molar-refractivity contribution is 0.00973. The summed E-state index contributed by atoms with van der Waals surface area (Å²) >= 11 is 0. The maximum Gasteiger partial charge on any atom is 0.358 e. The van der Waals surface area contributed by atoms with Crippen LogP contribution in [0.3, 0.4) is 0 Å². The second-order valence-electron chi connectivity index (χ2n) is 5.43. The molecule has 23 heavy (non-hydrogen) atoms. The normalized spacial score (nSPS) is 20.7. The Morgan fingerprint density at radius 1 is 1.22 bits per heavy atom. The first-order valence-corrected chi connectivity index (χ1v) is 7.61. The Hall–Kier alpha value is -2.47. The molecule has 1 fully saturated rings. The van der Waals surface area contributed by atoms with Gasteiger partial charge in [-0.2, -0.15) is 0 Å². The van der Waals surface area contributed by atoms with Crippen molar-refractivity contribution < 1.29 is 14.3 Å². The van der Waals surface area contributed by atoms with Crippen LogP contribution in [0.1, 0.15) is 35.0 Å². The fourth-order valence-electron chi connectivity index (χ4n) is 2.66. The number of carbonyl (C=O) groups excluding carboxylic acids is 1. The minimum absolute atomic E-state index is 0.0877. The molecule has 1 aliphatic rings. The lowest BCUT2D eigenvalue weighted by atomic mass is 9.97. The first-order valence-electron chi connectivity index (χ1n) is 7.61. The van der Waals surface area contributed by atoms with Crippen LogP contribution in [0, 0.1) is 0 Å². The van der Waals surface area contributed by atoms with Gasteiger partial charge in [0.05, 0.1) is 13.2 Å². The highest BCUT2D eigenvalue weighted by atomic mass is 16.5. The van der Waals surface area contributed by atoms with Crippen LogP contribution in [0.2, 0.25) is 0 Å². The van der Waals surface area contributed by atoms with Gasteiger partial charge in [-0.05, 0) is 30.5 Å². The van der Waals surface area contributed by atoms with E-state index < -0.39 is 5.97 Å². The van der Waals surface area contributed by atoms with Crippen molar-refractivity contribution >= 4 is 11.8 Å². The Morgan fingerprint density at radius 2 is 2.04 bits per heavy atom. The fraction of sp³-hybridized carbons (Fsp3) is 0.353. The molecule has 0 saturated carbocycles. The summed E-state index contributed by atoms with van der Waals surface area (Å²) in [4.78, 5) is 11.4. The van der Waals surface area contributed by atoms with Crippen LogP contribution in [0.4, 0.5) is 5.82 Å². The van der Waals surface area contributed by atoms with Crippen molar-refractivity contribution in [2.75, 3.05) is 19.0 Å². The number of methoxy groups -OCH3 is 1. The number of rotatable bonds is 4. The molecule has 0 aliphatic carbocycles. The van der Waals surface area contributed by atoms with Crippen molar-refractivity contribution in [3.63, 3.8) is 0 Å². The molecular weight excluding hydrogens is 294 g/mol. The molecular formula is C17H19N3O3. The van der Waals surface area contributed by atoms with Gasteiger partial charge in [0.2, 0.25) is 0 Å². The van der Waals surface area contributed by atoms with E-state index in [9.17, 15) is 4.79 Å². The number of nitrogens with zero attached hydrogens (tertiary/aromatic N) is 2. The van der Waals surface area contributed by atoms with E-state index in [0.717, 1.165) is 12.8 Å². The zero-order valence-electron chi connectivity index (χ0n) is 12.9.